The molecule has 2 aromatic heterocycles. The van der Waals surface area contributed by atoms with Gasteiger partial charge < -0.3 is 10.2 Å². The van der Waals surface area contributed by atoms with E-state index in [-0.39, 0.29) is 0 Å². The van der Waals surface area contributed by atoms with E-state index in [1.807, 2.05) is 6.07 Å². The van der Waals surface area contributed by atoms with Gasteiger partial charge >= 0.3 is 0 Å². The van der Waals surface area contributed by atoms with Crippen LogP contribution in [0.2, 0.25) is 0 Å². The van der Waals surface area contributed by atoms with E-state index in [0.29, 0.717) is 12.1 Å². The van der Waals surface area contributed by atoms with Crippen LogP contribution in [0.4, 0.5) is 5.82 Å². The van der Waals surface area contributed by atoms with Gasteiger partial charge in [-0.3, -0.25) is 4.98 Å². The molecule has 0 spiro atoms. The SMILES string of the molecule is CC(C)N(CC1CCCCN1)c1ccc2nccnc2n1. The Hall–Kier alpha value is -1.75. The zero-order valence-corrected chi connectivity index (χ0v) is 12.8. The second-order valence-corrected chi connectivity index (χ2v) is 5.96. The molecule has 1 aliphatic heterocycles. The highest BCUT2D eigenvalue weighted by atomic mass is 15.2. The summed E-state index contributed by atoms with van der Waals surface area (Å²) >= 11 is 0. The summed E-state index contributed by atoms with van der Waals surface area (Å²) in [4.78, 5) is 15.6. The minimum absolute atomic E-state index is 0.412. The minimum Gasteiger partial charge on any atom is -0.353 e. The molecule has 112 valence electrons. The molecule has 21 heavy (non-hydrogen) atoms. The molecule has 1 unspecified atom stereocenters. The molecule has 3 heterocycles. The van der Waals surface area contributed by atoms with E-state index in [1.165, 1.54) is 19.3 Å². The van der Waals surface area contributed by atoms with Gasteiger partial charge in [-0.25, -0.2) is 9.97 Å². The van der Waals surface area contributed by atoms with Crippen molar-refractivity contribution in [3.8, 4) is 0 Å². The molecule has 0 bridgehead atoms. The molecule has 0 saturated carbocycles. The van der Waals surface area contributed by atoms with Crippen molar-refractivity contribution < 1.29 is 0 Å². The van der Waals surface area contributed by atoms with E-state index in [1.54, 1.807) is 12.4 Å². The van der Waals surface area contributed by atoms with Gasteiger partial charge in [0.2, 0.25) is 0 Å². The summed E-state index contributed by atoms with van der Waals surface area (Å²) in [5.41, 5.74) is 1.57. The fraction of sp³-hybridized carbons (Fsp3) is 0.562. The van der Waals surface area contributed by atoms with Crippen molar-refractivity contribution in [1.82, 2.24) is 20.3 Å². The lowest BCUT2D eigenvalue weighted by molar-refractivity contribution is 0.392. The van der Waals surface area contributed by atoms with E-state index in [9.17, 15) is 0 Å². The van der Waals surface area contributed by atoms with Crippen LogP contribution in [0.15, 0.2) is 24.5 Å². The van der Waals surface area contributed by atoms with Crippen molar-refractivity contribution in [2.45, 2.75) is 45.2 Å². The first-order valence-corrected chi connectivity index (χ1v) is 7.82. The van der Waals surface area contributed by atoms with Crippen molar-refractivity contribution in [2.75, 3.05) is 18.0 Å². The van der Waals surface area contributed by atoms with Gasteiger partial charge in [-0.2, -0.15) is 0 Å². The molecule has 0 aromatic carbocycles. The predicted molar refractivity (Wildman–Crippen MR) is 85.5 cm³/mol. The Balaban J connectivity index is 1.84. The first-order valence-electron chi connectivity index (χ1n) is 7.82. The highest BCUT2D eigenvalue weighted by molar-refractivity contribution is 5.71. The largest absolute Gasteiger partial charge is 0.353 e. The monoisotopic (exact) mass is 285 g/mol. The number of hydrogen-bond donors (Lipinski definition) is 1. The van der Waals surface area contributed by atoms with Gasteiger partial charge in [0.05, 0.1) is 0 Å². The number of nitrogens with zero attached hydrogens (tertiary/aromatic N) is 4. The number of anilines is 1. The van der Waals surface area contributed by atoms with Crippen LogP contribution in [0.3, 0.4) is 0 Å². The fourth-order valence-electron chi connectivity index (χ4n) is 2.89. The molecule has 0 radical (unpaired) electrons. The number of aromatic nitrogens is 3. The minimum atomic E-state index is 0.412. The van der Waals surface area contributed by atoms with E-state index >= 15 is 0 Å². The maximum absolute atomic E-state index is 4.69. The molecule has 0 aliphatic carbocycles. The van der Waals surface area contributed by atoms with Crippen LogP contribution < -0.4 is 10.2 Å². The van der Waals surface area contributed by atoms with E-state index < -0.39 is 0 Å². The molecule has 3 rings (SSSR count). The summed E-state index contributed by atoms with van der Waals surface area (Å²) in [6, 6.07) is 5.03. The van der Waals surface area contributed by atoms with E-state index in [4.69, 9.17) is 0 Å². The fourth-order valence-corrected chi connectivity index (χ4v) is 2.89. The number of piperidine rings is 1. The lowest BCUT2D eigenvalue weighted by atomic mass is 10.0. The maximum atomic E-state index is 4.69. The van der Waals surface area contributed by atoms with Crippen LogP contribution in [0, 0.1) is 0 Å². The second kappa shape index (κ2) is 6.35. The normalized spacial score (nSPS) is 19.1. The van der Waals surface area contributed by atoms with Gasteiger partial charge in [0.1, 0.15) is 11.3 Å². The summed E-state index contributed by atoms with van der Waals surface area (Å²) in [5, 5.41) is 3.61. The summed E-state index contributed by atoms with van der Waals surface area (Å²) in [7, 11) is 0. The van der Waals surface area contributed by atoms with E-state index in [0.717, 1.165) is 30.1 Å². The van der Waals surface area contributed by atoms with Gasteiger partial charge in [0, 0.05) is 31.0 Å². The smallest absolute Gasteiger partial charge is 0.180 e. The lowest BCUT2D eigenvalue weighted by Crippen LogP contribution is -2.46. The average Bonchev–Trinajstić information content (AvgIpc) is 2.53. The van der Waals surface area contributed by atoms with Crippen LogP contribution >= 0.6 is 0 Å². The third-order valence-corrected chi connectivity index (χ3v) is 4.06. The predicted octanol–water partition coefficient (Wildman–Crippen LogP) is 2.38. The van der Waals surface area contributed by atoms with E-state index in [2.05, 4.69) is 45.1 Å². The zero-order chi connectivity index (χ0) is 14.7. The Morgan fingerprint density at radius 2 is 2.10 bits per heavy atom. The van der Waals surface area contributed by atoms with Crippen molar-refractivity contribution >= 4 is 17.0 Å². The zero-order valence-electron chi connectivity index (χ0n) is 12.8. The van der Waals surface area contributed by atoms with Crippen molar-refractivity contribution in [1.29, 1.82) is 0 Å². The Bertz CT molecular complexity index is 592. The Morgan fingerprint density at radius 1 is 1.24 bits per heavy atom. The van der Waals surface area contributed by atoms with Gasteiger partial charge in [-0.05, 0) is 45.4 Å². The van der Waals surface area contributed by atoms with Crippen LogP contribution in [-0.4, -0.2) is 40.1 Å². The molecular formula is C16H23N5. The molecule has 1 atom stereocenters. The first kappa shape index (κ1) is 14.2. The van der Waals surface area contributed by atoms with Gasteiger partial charge in [-0.1, -0.05) is 6.42 Å². The molecular weight excluding hydrogens is 262 g/mol. The molecule has 2 aromatic rings. The average molecular weight is 285 g/mol. The number of rotatable bonds is 4. The van der Waals surface area contributed by atoms with Crippen molar-refractivity contribution in [3.63, 3.8) is 0 Å². The van der Waals surface area contributed by atoms with Crippen LogP contribution in [-0.2, 0) is 0 Å². The van der Waals surface area contributed by atoms with Crippen molar-refractivity contribution in [3.05, 3.63) is 24.5 Å². The topological polar surface area (TPSA) is 53.9 Å². The molecule has 1 aliphatic rings. The highest BCUT2D eigenvalue weighted by Crippen LogP contribution is 2.19. The molecule has 5 nitrogen and oxygen atoms in total. The third-order valence-electron chi connectivity index (χ3n) is 4.06. The maximum Gasteiger partial charge on any atom is 0.180 e. The van der Waals surface area contributed by atoms with Gasteiger partial charge in [-0.15, -0.1) is 0 Å². The summed E-state index contributed by atoms with van der Waals surface area (Å²) in [6.07, 6.45) is 7.26. The highest BCUT2D eigenvalue weighted by Gasteiger charge is 2.20. The van der Waals surface area contributed by atoms with Gasteiger partial charge in [0.25, 0.3) is 0 Å². The number of pyridine rings is 1. The first-order chi connectivity index (χ1) is 10.2. The quantitative estimate of drug-likeness (QED) is 0.934. The summed E-state index contributed by atoms with van der Waals surface area (Å²) < 4.78 is 0. The van der Waals surface area contributed by atoms with Crippen LogP contribution in [0.25, 0.3) is 11.2 Å². The second-order valence-electron chi connectivity index (χ2n) is 5.96. The Labute approximate surface area is 125 Å². The number of hydrogen-bond acceptors (Lipinski definition) is 5. The summed E-state index contributed by atoms with van der Waals surface area (Å²) in [5.74, 6) is 0.991. The molecule has 1 N–H and O–H groups in total. The standard InChI is InChI=1S/C16H23N5/c1-12(2)21(11-13-5-3-4-8-17-13)15-7-6-14-16(20-15)19-10-9-18-14/h6-7,9-10,12-13,17H,3-5,8,11H2,1-2H3. The van der Waals surface area contributed by atoms with Crippen LogP contribution in [0.5, 0.6) is 0 Å². The van der Waals surface area contributed by atoms with Crippen molar-refractivity contribution in [2.24, 2.45) is 0 Å². The molecule has 1 fully saturated rings. The Morgan fingerprint density at radius 3 is 2.86 bits per heavy atom. The van der Waals surface area contributed by atoms with Crippen LogP contribution in [0.1, 0.15) is 33.1 Å². The molecule has 0 amide bonds. The lowest BCUT2D eigenvalue weighted by Gasteiger charge is -2.34. The molecule has 1 saturated heterocycles. The summed E-state index contributed by atoms with van der Waals surface area (Å²) in [6.45, 7) is 6.56. The number of nitrogens with one attached hydrogen (secondary N) is 1. The van der Waals surface area contributed by atoms with Gasteiger partial charge in [0.15, 0.2) is 5.65 Å². The Kier molecular flexibility index (Phi) is 4.29. The molecule has 5 heteroatoms. The number of fused-ring (bicyclic) bond motifs is 1. The third kappa shape index (κ3) is 3.29.